The number of ether oxygens (including phenoxy) is 1. The summed E-state index contributed by atoms with van der Waals surface area (Å²) in [6, 6.07) is 11.6. The maximum Gasteiger partial charge on any atom is 0.216 e. The van der Waals surface area contributed by atoms with Crippen LogP contribution in [-0.2, 0) is 6.42 Å². The van der Waals surface area contributed by atoms with Gasteiger partial charge in [-0.15, -0.1) is 0 Å². The first-order chi connectivity index (χ1) is 13.7. The van der Waals surface area contributed by atoms with Crippen molar-refractivity contribution >= 4 is 5.96 Å². The van der Waals surface area contributed by atoms with E-state index in [1.54, 1.807) is 13.3 Å². The molecule has 0 spiro atoms. The smallest absolute Gasteiger partial charge is 0.216 e. The fourth-order valence-corrected chi connectivity index (χ4v) is 2.63. The zero-order chi connectivity index (χ0) is 19.8. The van der Waals surface area contributed by atoms with E-state index in [4.69, 9.17) is 9.15 Å². The molecular formula is C20H26N6O2. The Kier molecular flexibility index (Phi) is 6.67. The highest BCUT2D eigenvalue weighted by atomic mass is 16.5. The normalized spacial score (nSPS) is 12.6. The Balaban J connectivity index is 1.40. The van der Waals surface area contributed by atoms with Gasteiger partial charge in [-0.05, 0) is 37.6 Å². The highest BCUT2D eigenvalue weighted by Gasteiger charge is 2.09. The van der Waals surface area contributed by atoms with Crippen LogP contribution in [0.15, 0.2) is 52.1 Å². The number of aryl methyl sites for hydroxylation is 1. The van der Waals surface area contributed by atoms with E-state index in [0.29, 0.717) is 37.1 Å². The number of nitrogens with zero attached hydrogens (tertiary/aromatic N) is 3. The first-order valence-corrected chi connectivity index (χ1v) is 9.27. The minimum absolute atomic E-state index is 0.00442. The number of furan rings is 1. The van der Waals surface area contributed by atoms with Gasteiger partial charge in [0.05, 0.1) is 12.8 Å². The molecule has 3 rings (SSSR count). The van der Waals surface area contributed by atoms with Gasteiger partial charge in [0.2, 0.25) is 5.82 Å². The monoisotopic (exact) mass is 382 g/mol. The van der Waals surface area contributed by atoms with Crippen LogP contribution in [0, 0.1) is 6.92 Å². The second kappa shape index (κ2) is 9.59. The van der Waals surface area contributed by atoms with E-state index in [1.165, 1.54) is 0 Å². The molecule has 0 aliphatic rings. The summed E-state index contributed by atoms with van der Waals surface area (Å²) in [5.74, 6) is 3.61. The molecule has 1 unspecified atom stereocenters. The molecule has 0 saturated carbocycles. The number of aliphatic imine (C=N–C) groups is 1. The minimum Gasteiger partial charge on any atom is -0.489 e. The Hall–Kier alpha value is -3.29. The average molecular weight is 382 g/mol. The number of aromatic nitrogens is 3. The first-order valence-electron chi connectivity index (χ1n) is 9.27. The lowest BCUT2D eigenvalue weighted by Gasteiger charge is -2.18. The van der Waals surface area contributed by atoms with Gasteiger partial charge in [0, 0.05) is 20.0 Å². The Labute approximate surface area is 164 Å². The molecule has 0 bridgehead atoms. The number of benzene rings is 1. The Morgan fingerprint density at radius 2 is 2.11 bits per heavy atom. The predicted octanol–water partition coefficient (Wildman–Crippen LogP) is 2.55. The highest BCUT2D eigenvalue weighted by Crippen LogP contribution is 2.17. The van der Waals surface area contributed by atoms with Gasteiger partial charge in [-0.2, -0.15) is 5.10 Å². The maximum absolute atomic E-state index is 5.97. The fraction of sp³-hybridized carbons (Fsp3) is 0.350. The van der Waals surface area contributed by atoms with E-state index < -0.39 is 0 Å². The van der Waals surface area contributed by atoms with Crippen LogP contribution >= 0.6 is 0 Å². The second-order valence-electron chi connectivity index (χ2n) is 6.41. The van der Waals surface area contributed by atoms with Crippen LogP contribution in [0.3, 0.4) is 0 Å². The topological polar surface area (TPSA) is 100 Å². The number of aromatic amines is 1. The fourth-order valence-electron chi connectivity index (χ4n) is 2.63. The molecule has 0 fully saturated rings. The highest BCUT2D eigenvalue weighted by molar-refractivity contribution is 5.79. The zero-order valence-corrected chi connectivity index (χ0v) is 16.4. The number of H-pyrrole nitrogens is 1. The summed E-state index contributed by atoms with van der Waals surface area (Å²) in [6.45, 7) is 5.37. The summed E-state index contributed by atoms with van der Waals surface area (Å²) in [6.07, 6.45) is 2.29. The largest absolute Gasteiger partial charge is 0.489 e. The molecule has 3 N–H and O–H groups in total. The summed E-state index contributed by atoms with van der Waals surface area (Å²) in [5, 5.41) is 13.6. The molecule has 0 aliphatic carbocycles. The molecule has 0 saturated heterocycles. The van der Waals surface area contributed by atoms with Gasteiger partial charge >= 0.3 is 0 Å². The van der Waals surface area contributed by atoms with Gasteiger partial charge in [0.1, 0.15) is 17.7 Å². The van der Waals surface area contributed by atoms with Crippen molar-refractivity contribution in [2.24, 2.45) is 4.99 Å². The van der Waals surface area contributed by atoms with Gasteiger partial charge < -0.3 is 19.8 Å². The van der Waals surface area contributed by atoms with Gasteiger partial charge in [-0.3, -0.25) is 10.1 Å². The van der Waals surface area contributed by atoms with Crippen molar-refractivity contribution in [2.75, 3.05) is 20.1 Å². The Morgan fingerprint density at radius 1 is 1.25 bits per heavy atom. The number of rotatable bonds is 8. The van der Waals surface area contributed by atoms with Crippen LogP contribution in [0.2, 0.25) is 0 Å². The van der Waals surface area contributed by atoms with Crippen molar-refractivity contribution < 1.29 is 9.15 Å². The molecule has 0 radical (unpaired) electrons. The van der Waals surface area contributed by atoms with E-state index in [9.17, 15) is 0 Å². The molecule has 148 valence electrons. The van der Waals surface area contributed by atoms with Crippen LogP contribution in [0.5, 0.6) is 5.75 Å². The molecule has 1 aromatic carbocycles. The number of nitrogens with one attached hydrogen (secondary N) is 3. The molecule has 28 heavy (non-hydrogen) atoms. The molecule has 0 amide bonds. The van der Waals surface area contributed by atoms with Crippen molar-refractivity contribution in [1.29, 1.82) is 0 Å². The summed E-state index contributed by atoms with van der Waals surface area (Å²) in [7, 11) is 1.74. The molecule has 2 aromatic heterocycles. The van der Waals surface area contributed by atoms with Crippen molar-refractivity contribution in [3.05, 3.63) is 54.0 Å². The number of hydrogen-bond acceptors (Lipinski definition) is 5. The van der Waals surface area contributed by atoms with Gasteiger partial charge in [-0.25, -0.2) is 4.98 Å². The number of para-hydroxylation sites is 1. The predicted molar refractivity (Wildman–Crippen MR) is 108 cm³/mol. The van der Waals surface area contributed by atoms with Crippen molar-refractivity contribution in [2.45, 2.75) is 26.4 Å². The number of guanidine groups is 1. The number of hydrogen-bond donors (Lipinski definition) is 3. The summed E-state index contributed by atoms with van der Waals surface area (Å²) >= 11 is 0. The Morgan fingerprint density at radius 3 is 2.86 bits per heavy atom. The molecule has 3 aromatic rings. The molecule has 0 aliphatic heterocycles. The molecular weight excluding hydrogens is 356 g/mol. The van der Waals surface area contributed by atoms with Crippen LogP contribution in [-0.4, -0.2) is 47.4 Å². The molecule has 1 atom stereocenters. The second-order valence-corrected chi connectivity index (χ2v) is 6.41. The van der Waals surface area contributed by atoms with E-state index >= 15 is 0 Å². The third-order valence-electron chi connectivity index (χ3n) is 4.13. The molecule has 2 heterocycles. The average Bonchev–Trinajstić information content (AvgIpc) is 3.38. The van der Waals surface area contributed by atoms with E-state index in [2.05, 4.69) is 30.8 Å². The van der Waals surface area contributed by atoms with Crippen molar-refractivity contribution in [3.8, 4) is 17.3 Å². The summed E-state index contributed by atoms with van der Waals surface area (Å²) in [5.41, 5.74) is 1.12. The van der Waals surface area contributed by atoms with Crippen LogP contribution in [0.4, 0.5) is 0 Å². The van der Waals surface area contributed by atoms with Gasteiger partial charge in [-0.1, -0.05) is 18.2 Å². The van der Waals surface area contributed by atoms with Crippen LogP contribution in [0.25, 0.3) is 11.6 Å². The minimum atomic E-state index is 0.00442. The lowest BCUT2D eigenvalue weighted by molar-refractivity contribution is 0.222. The maximum atomic E-state index is 5.97. The summed E-state index contributed by atoms with van der Waals surface area (Å²) in [4.78, 5) is 8.66. The van der Waals surface area contributed by atoms with Gasteiger partial charge in [0.25, 0.3) is 0 Å². The van der Waals surface area contributed by atoms with Gasteiger partial charge in [0.15, 0.2) is 11.7 Å². The first kappa shape index (κ1) is 19.5. The van der Waals surface area contributed by atoms with E-state index in [1.807, 2.05) is 50.2 Å². The lowest BCUT2D eigenvalue weighted by Crippen LogP contribution is -2.42. The van der Waals surface area contributed by atoms with Crippen LogP contribution < -0.4 is 15.4 Å². The van der Waals surface area contributed by atoms with Crippen molar-refractivity contribution in [1.82, 2.24) is 25.8 Å². The standard InChI is InChI=1S/C20H26N6O2/c1-14-7-4-5-8-16(14)28-15(2)13-23-20(21-3)22-11-10-18-24-19(26-25-18)17-9-6-12-27-17/h4-9,12,15H,10-11,13H2,1-3H3,(H2,21,22,23)(H,24,25,26). The quantitative estimate of drug-likeness (QED) is 0.409. The third-order valence-corrected chi connectivity index (χ3v) is 4.13. The van der Waals surface area contributed by atoms with Crippen LogP contribution in [0.1, 0.15) is 18.3 Å². The Bertz CT molecular complexity index is 888. The van der Waals surface area contributed by atoms with E-state index in [-0.39, 0.29) is 6.10 Å². The zero-order valence-electron chi connectivity index (χ0n) is 16.4. The molecule has 8 heteroatoms. The van der Waals surface area contributed by atoms with E-state index in [0.717, 1.165) is 17.1 Å². The lowest BCUT2D eigenvalue weighted by atomic mass is 10.2. The third kappa shape index (κ3) is 5.35. The van der Waals surface area contributed by atoms with Crippen molar-refractivity contribution in [3.63, 3.8) is 0 Å². The SMILES string of the molecule is CN=C(NCCc1nc(-c2ccco2)n[nH]1)NCC(C)Oc1ccccc1C. The summed E-state index contributed by atoms with van der Waals surface area (Å²) < 4.78 is 11.3. The molecule has 8 nitrogen and oxygen atoms in total.